The van der Waals surface area contributed by atoms with E-state index in [4.69, 9.17) is 23.8 Å². The van der Waals surface area contributed by atoms with Gasteiger partial charge in [-0.3, -0.25) is 0 Å². The van der Waals surface area contributed by atoms with E-state index in [1.54, 1.807) is 0 Å². The van der Waals surface area contributed by atoms with Crippen LogP contribution in [0.25, 0.3) is 11.0 Å². The van der Waals surface area contributed by atoms with Crippen LogP contribution in [0.1, 0.15) is 11.1 Å². The molecule has 2 nitrogen and oxygen atoms in total. The SMILES string of the molecule is Cc1cccc2[nH]c(=S)n(Cc3cccc(Cl)c3)c12. The molecular weight excluding hydrogens is 276 g/mol. The van der Waals surface area contributed by atoms with Gasteiger partial charge >= 0.3 is 0 Å². The predicted molar refractivity (Wildman–Crippen MR) is 82.4 cm³/mol. The zero-order valence-electron chi connectivity index (χ0n) is 10.5. The maximum Gasteiger partial charge on any atom is 0.178 e. The van der Waals surface area contributed by atoms with Crippen molar-refractivity contribution in [3.8, 4) is 0 Å². The molecule has 19 heavy (non-hydrogen) atoms. The summed E-state index contributed by atoms with van der Waals surface area (Å²) in [7, 11) is 0. The van der Waals surface area contributed by atoms with E-state index in [2.05, 4.69) is 28.6 Å². The molecule has 2 aromatic carbocycles. The molecule has 3 aromatic rings. The summed E-state index contributed by atoms with van der Waals surface area (Å²) in [4.78, 5) is 3.25. The highest BCUT2D eigenvalue weighted by molar-refractivity contribution is 7.71. The highest BCUT2D eigenvalue weighted by Crippen LogP contribution is 2.20. The van der Waals surface area contributed by atoms with Crippen molar-refractivity contribution >= 4 is 34.9 Å². The van der Waals surface area contributed by atoms with Crippen LogP contribution in [0.2, 0.25) is 5.02 Å². The number of aryl methyl sites for hydroxylation is 1. The topological polar surface area (TPSA) is 20.7 Å². The van der Waals surface area contributed by atoms with Gasteiger partial charge in [-0.15, -0.1) is 0 Å². The molecule has 1 heterocycles. The molecule has 0 aliphatic heterocycles. The first-order valence-corrected chi connectivity index (χ1v) is 6.86. The molecule has 3 rings (SSSR count). The van der Waals surface area contributed by atoms with Crippen molar-refractivity contribution in [2.24, 2.45) is 0 Å². The van der Waals surface area contributed by atoms with Gasteiger partial charge in [0.05, 0.1) is 17.6 Å². The van der Waals surface area contributed by atoms with Crippen molar-refractivity contribution in [1.82, 2.24) is 9.55 Å². The normalized spacial score (nSPS) is 11.1. The number of hydrogen-bond acceptors (Lipinski definition) is 1. The summed E-state index contributed by atoms with van der Waals surface area (Å²) in [6.45, 7) is 2.82. The Hall–Kier alpha value is -1.58. The number of fused-ring (bicyclic) bond motifs is 1. The third-order valence-corrected chi connectivity index (χ3v) is 3.78. The van der Waals surface area contributed by atoms with Gasteiger partial charge < -0.3 is 9.55 Å². The number of para-hydroxylation sites is 1. The Balaban J connectivity index is 2.15. The number of nitrogens with one attached hydrogen (secondary N) is 1. The smallest absolute Gasteiger partial charge is 0.178 e. The van der Waals surface area contributed by atoms with Crippen LogP contribution < -0.4 is 0 Å². The lowest BCUT2D eigenvalue weighted by atomic mass is 10.2. The number of nitrogens with zero attached hydrogens (tertiary/aromatic N) is 1. The van der Waals surface area contributed by atoms with E-state index < -0.39 is 0 Å². The molecule has 0 radical (unpaired) electrons. The van der Waals surface area contributed by atoms with Gasteiger partial charge in [0.25, 0.3) is 0 Å². The van der Waals surface area contributed by atoms with Crippen LogP contribution in [0, 0.1) is 11.7 Å². The standard InChI is InChI=1S/C15H13ClN2S/c1-10-4-2-7-13-14(10)18(15(19)17-13)9-11-5-3-6-12(16)8-11/h2-8H,9H2,1H3,(H,17,19). The number of aromatic amines is 1. The van der Waals surface area contributed by atoms with Crippen molar-refractivity contribution in [3.05, 3.63) is 63.4 Å². The molecule has 4 heteroatoms. The maximum atomic E-state index is 6.03. The number of hydrogen-bond donors (Lipinski definition) is 1. The van der Waals surface area contributed by atoms with Crippen molar-refractivity contribution < 1.29 is 0 Å². The monoisotopic (exact) mass is 288 g/mol. The van der Waals surface area contributed by atoms with Crippen molar-refractivity contribution in [2.75, 3.05) is 0 Å². The van der Waals surface area contributed by atoms with Crippen molar-refractivity contribution in [3.63, 3.8) is 0 Å². The summed E-state index contributed by atoms with van der Waals surface area (Å²) in [5.41, 5.74) is 4.60. The molecule has 0 bridgehead atoms. The molecule has 1 aromatic heterocycles. The second-order valence-corrected chi connectivity index (χ2v) is 5.44. The van der Waals surface area contributed by atoms with Gasteiger partial charge in [0.15, 0.2) is 4.77 Å². The Morgan fingerprint density at radius 3 is 2.79 bits per heavy atom. The van der Waals surface area contributed by atoms with Crippen molar-refractivity contribution in [1.29, 1.82) is 0 Å². The summed E-state index contributed by atoms with van der Waals surface area (Å²) < 4.78 is 2.86. The van der Waals surface area contributed by atoms with E-state index in [1.165, 1.54) is 5.56 Å². The lowest BCUT2D eigenvalue weighted by Gasteiger charge is -2.07. The lowest BCUT2D eigenvalue weighted by Crippen LogP contribution is -2.00. The molecule has 0 aliphatic rings. The fourth-order valence-electron chi connectivity index (χ4n) is 2.37. The van der Waals surface area contributed by atoms with Gasteiger partial charge in [-0.05, 0) is 48.5 Å². The summed E-state index contributed by atoms with van der Waals surface area (Å²) in [6, 6.07) is 14.1. The maximum absolute atomic E-state index is 6.03. The van der Waals surface area contributed by atoms with E-state index in [0.29, 0.717) is 0 Å². The minimum Gasteiger partial charge on any atom is -0.331 e. The Labute approximate surface area is 121 Å². The number of aromatic nitrogens is 2. The fraction of sp³-hybridized carbons (Fsp3) is 0.133. The van der Waals surface area contributed by atoms with E-state index in [9.17, 15) is 0 Å². The molecule has 0 saturated heterocycles. The minimum atomic E-state index is 0.726. The van der Waals surface area contributed by atoms with Crippen LogP contribution in [-0.4, -0.2) is 9.55 Å². The molecule has 0 amide bonds. The van der Waals surface area contributed by atoms with Crippen LogP contribution in [0.5, 0.6) is 0 Å². The number of rotatable bonds is 2. The number of halogens is 1. The molecule has 0 unspecified atom stereocenters. The molecular formula is C15H13ClN2S. The number of imidazole rings is 1. The Kier molecular flexibility index (Phi) is 3.17. The highest BCUT2D eigenvalue weighted by atomic mass is 35.5. The molecule has 1 N–H and O–H groups in total. The first-order valence-electron chi connectivity index (χ1n) is 6.08. The Bertz CT molecular complexity index is 801. The molecule has 96 valence electrons. The fourth-order valence-corrected chi connectivity index (χ4v) is 2.85. The van der Waals surface area contributed by atoms with Gasteiger partial charge in [-0.1, -0.05) is 35.9 Å². The Morgan fingerprint density at radius 1 is 1.21 bits per heavy atom. The molecule has 0 saturated carbocycles. The Morgan fingerprint density at radius 2 is 2.00 bits per heavy atom. The van der Waals surface area contributed by atoms with Crippen LogP contribution in [-0.2, 0) is 6.54 Å². The first-order chi connectivity index (χ1) is 9.15. The van der Waals surface area contributed by atoms with Gasteiger partial charge in [-0.25, -0.2) is 0 Å². The van der Waals surface area contributed by atoms with E-state index >= 15 is 0 Å². The zero-order valence-corrected chi connectivity index (χ0v) is 12.1. The summed E-state index contributed by atoms with van der Waals surface area (Å²) in [5.74, 6) is 0. The minimum absolute atomic E-state index is 0.726. The molecule has 0 atom stereocenters. The molecule has 0 fully saturated rings. The van der Waals surface area contributed by atoms with Crippen LogP contribution in [0.3, 0.4) is 0 Å². The van der Waals surface area contributed by atoms with Crippen LogP contribution >= 0.6 is 23.8 Å². The average Bonchev–Trinajstić information content (AvgIpc) is 2.67. The summed E-state index contributed by atoms with van der Waals surface area (Å²) >= 11 is 11.5. The zero-order chi connectivity index (χ0) is 13.4. The second-order valence-electron chi connectivity index (χ2n) is 4.62. The van der Waals surface area contributed by atoms with Crippen molar-refractivity contribution in [2.45, 2.75) is 13.5 Å². The van der Waals surface area contributed by atoms with Gasteiger partial charge in [0.1, 0.15) is 0 Å². The van der Waals surface area contributed by atoms with Crippen LogP contribution in [0.4, 0.5) is 0 Å². The largest absolute Gasteiger partial charge is 0.331 e. The van der Waals surface area contributed by atoms with Gasteiger partial charge in [0, 0.05) is 5.02 Å². The summed E-state index contributed by atoms with van der Waals surface area (Å²) in [5, 5.41) is 0.751. The third kappa shape index (κ3) is 2.31. The summed E-state index contributed by atoms with van der Waals surface area (Å²) in [6.07, 6.45) is 0. The highest BCUT2D eigenvalue weighted by Gasteiger charge is 2.07. The van der Waals surface area contributed by atoms with E-state index in [-0.39, 0.29) is 0 Å². The second kappa shape index (κ2) is 4.83. The van der Waals surface area contributed by atoms with Gasteiger partial charge in [0.2, 0.25) is 0 Å². The third-order valence-electron chi connectivity index (χ3n) is 3.22. The predicted octanol–water partition coefficient (Wildman–Crippen LogP) is 4.71. The van der Waals surface area contributed by atoms with E-state index in [1.807, 2.05) is 30.3 Å². The van der Waals surface area contributed by atoms with Gasteiger partial charge in [-0.2, -0.15) is 0 Å². The van der Waals surface area contributed by atoms with E-state index in [0.717, 1.165) is 32.9 Å². The molecule has 0 spiro atoms. The quantitative estimate of drug-likeness (QED) is 0.677. The molecule has 0 aliphatic carbocycles. The first kappa shape index (κ1) is 12.5. The average molecular weight is 289 g/mol. The number of H-pyrrole nitrogens is 1. The van der Waals surface area contributed by atoms with Crippen LogP contribution in [0.15, 0.2) is 42.5 Å². The number of benzene rings is 2. The lowest BCUT2D eigenvalue weighted by molar-refractivity contribution is 0.808.